The molecule has 0 amide bonds. The quantitative estimate of drug-likeness (QED) is 0.601. The van der Waals surface area contributed by atoms with Crippen LogP contribution in [0.5, 0.6) is 0 Å². The van der Waals surface area contributed by atoms with Crippen molar-refractivity contribution in [2.24, 2.45) is 10.2 Å². The van der Waals surface area contributed by atoms with Gasteiger partial charge in [0.25, 0.3) is 0 Å². The Hall–Kier alpha value is -2.16. The van der Waals surface area contributed by atoms with E-state index in [4.69, 9.17) is 5.73 Å². The molecule has 0 bridgehead atoms. The molecule has 0 aliphatic carbocycles. The van der Waals surface area contributed by atoms with Gasteiger partial charge in [-0.2, -0.15) is 5.11 Å². The molecule has 2 aromatic rings. The fourth-order valence-corrected chi connectivity index (χ4v) is 1.49. The van der Waals surface area contributed by atoms with E-state index in [0.717, 1.165) is 11.3 Å². The summed E-state index contributed by atoms with van der Waals surface area (Å²) in [5.41, 5.74) is 10.4. The molecular formula is C14H15N3. The van der Waals surface area contributed by atoms with Crippen molar-refractivity contribution in [2.75, 3.05) is 5.73 Å². The normalized spacial score (nSPS) is 10.9. The highest BCUT2D eigenvalue weighted by atomic mass is 15.1. The number of nitrogens with zero attached hydrogens (tertiary/aromatic N) is 2. The Morgan fingerprint density at radius 1 is 0.824 bits per heavy atom. The first-order valence-electron chi connectivity index (χ1n) is 5.50. The second-order valence-corrected chi connectivity index (χ2v) is 4.10. The number of azo groups is 1. The van der Waals surface area contributed by atoms with Gasteiger partial charge in [0.05, 0.1) is 11.4 Å². The summed E-state index contributed by atoms with van der Waals surface area (Å²) < 4.78 is 0. The van der Waals surface area contributed by atoms with E-state index in [-0.39, 0.29) is 0 Å². The summed E-state index contributed by atoms with van der Waals surface area (Å²) in [6.45, 7) is 4.04. The van der Waals surface area contributed by atoms with E-state index in [1.807, 2.05) is 56.3 Å². The summed E-state index contributed by atoms with van der Waals surface area (Å²) in [6, 6.07) is 13.6. The van der Waals surface area contributed by atoms with Crippen molar-refractivity contribution in [2.45, 2.75) is 13.8 Å². The number of anilines is 1. The smallest absolute Gasteiger partial charge is 0.109 e. The lowest BCUT2D eigenvalue weighted by Crippen LogP contribution is -1.85. The molecule has 86 valence electrons. The molecule has 0 atom stereocenters. The van der Waals surface area contributed by atoms with Gasteiger partial charge in [-0.1, -0.05) is 23.8 Å². The summed E-state index contributed by atoms with van der Waals surface area (Å²) in [5, 5.41) is 8.30. The minimum Gasteiger partial charge on any atom is -0.397 e. The molecule has 0 fully saturated rings. The van der Waals surface area contributed by atoms with Gasteiger partial charge in [0.15, 0.2) is 0 Å². The molecule has 3 heteroatoms. The van der Waals surface area contributed by atoms with Gasteiger partial charge in [-0.05, 0) is 43.7 Å². The average Bonchev–Trinajstić information content (AvgIpc) is 2.30. The zero-order valence-electron chi connectivity index (χ0n) is 10.0. The molecule has 0 saturated carbocycles. The van der Waals surface area contributed by atoms with E-state index in [1.54, 1.807) is 0 Å². The monoisotopic (exact) mass is 225 g/mol. The lowest BCUT2D eigenvalue weighted by molar-refractivity contribution is 1.22. The van der Waals surface area contributed by atoms with Crippen molar-refractivity contribution in [3.05, 3.63) is 53.6 Å². The largest absolute Gasteiger partial charge is 0.397 e. The third-order valence-corrected chi connectivity index (χ3v) is 2.49. The number of hydrogen-bond donors (Lipinski definition) is 1. The summed E-state index contributed by atoms with van der Waals surface area (Å²) in [5.74, 6) is 0. The van der Waals surface area contributed by atoms with Crippen LogP contribution < -0.4 is 5.73 Å². The van der Waals surface area contributed by atoms with Crippen LogP contribution in [0, 0.1) is 13.8 Å². The fraction of sp³-hybridized carbons (Fsp3) is 0.143. The third kappa shape index (κ3) is 2.91. The zero-order valence-corrected chi connectivity index (χ0v) is 10.0. The first-order chi connectivity index (χ1) is 8.15. The highest BCUT2D eigenvalue weighted by Crippen LogP contribution is 2.25. The Morgan fingerprint density at radius 3 is 2.12 bits per heavy atom. The molecule has 0 radical (unpaired) electrons. The molecular weight excluding hydrogens is 210 g/mol. The van der Waals surface area contributed by atoms with Crippen LogP contribution in [0.3, 0.4) is 0 Å². The molecule has 0 aliphatic rings. The molecule has 17 heavy (non-hydrogen) atoms. The summed E-state index contributed by atoms with van der Waals surface area (Å²) in [4.78, 5) is 0. The topological polar surface area (TPSA) is 50.7 Å². The second-order valence-electron chi connectivity index (χ2n) is 4.10. The van der Waals surface area contributed by atoms with Gasteiger partial charge < -0.3 is 5.73 Å². The van der Waals surface area contributed by atoms with Gasteiger partial charge in [-0.15, -0.1) is 5.11 Å². The molecule has 0 unspecified atom stereocenters. The number of nitrogen functional groups attached to an aromatic ring is 1. The Balaban J connectivity index is 2.23. The highest BCUT2D eigenvalue weighted by molar-refractivity contribution is 5.63. The molecule has 3 nitrogen and oxygen atoms in total. The maximum absolute atomic E-state index is 5.86. The van der Waals surface area contributed by atoms with E-state index >= 15 is 0 Å². The SMILES string of the molecule is Cc1ccc(N=Nc2ccc(C)cc2N)cc1. The van der Waals surface area contributed by atoms with Crippen LogP contribution in [0.4, 0.5) is 17.1 Å². The minimum absolute atomic E-state index is 0.654. The van der Waals surface area contributed by atoms with Crippen LogP contribution in [0.2, 0.25) is 0 Å². The van der Waals surface area contributed by atoms with Crippen LogP contribution >= 0.6 is 0 Å². The summed E-state index contributed by atoms with van der Waals surface area (Å²) >= 11 is 0. The van der Waals surface area contributed by atoms with E-state index in [0.29, 0.717) is 11.4 Å². The molecule has 2 aromatic carbocycles. The molecule has 2 rings (SSSR count). The van der Waals surface area contributed by atoms with E-state index in [1.165, 1.54) is 5.56 Å². The summed E-state index contributed by atoms with van der Waals surface area (Å²) in [6.07, 6.45) is 0. The predicted molar refractivity (Wildman–Crippen MR) is 70.9 cm³/mol. The first-order valence-corrected chi connectivity index (χ1v) is 5.50. The van der Waals surface area contributed by atoms with Gasteiger partial charge in [0.1, 0.15) is 5.69 Å². The van der Waals surface area contributed by atoms with Crippen LogP contribution in [-0.2, 0) is 0 Å². The zero-order chi connectivity index (χ0) is 12.3. The van der Waals surface area contributed by atoms with Crippen molar-refractivity contribution < 1.29 is 0 Å². The lowest BCUT2D eigenvalue weighted by atomic mass is 10.2. The van der Waals surface area contributed by atoms with E-state index in [9.17, 15) is 0 Å². The molecule has 0 aromatic heterocycles. The van der Waals surface area contributed by atoms with Crippen LogP contribution in [-0.4, -0.2) is 0 Å². The molecule has 0 spiro atoms. The number of nitrogens with two attached hydrogens (primary N) is 1. The van der Waals surface area contributed by atoms with Gasteiger partial charge in [-0.25, -0.2) is 0 Å². The fourth-order valence-electron chi connectivity index (χ4n) is 1.49. The van der Waals surface area contributed by atoms with Crippen LogP contribution in [0.25, 0.3) is 0 Å². The molecule has 2 N–H and O–H groups in total. The number of benzene rings is 2. The standard InChI is InChI=1S/C14H15N3/c1-10-3-6-12(7-4-10)16-17-14-8-5-11(2)9-13(14)15/h3-9H,15H2,1-2H3. The minimum atomic E-state index is 0.654. The maximum Gasteiger partial charge on any atom is 0.109 e. The third-order valence-electron chi connectivity index (χ3n) is 2.49. The molecule has 0 saturated heterocycles. The van der Waals surface area contributed by atoms with Crippen LogP contribution in [0.1, 0.15) is 11.1 Å². The Labute approximate surface area is 101 Å². The van der Waals surface area contributed by atoms with Crippen molar-refractivity contribution in [1.29, 1.82) is 0 Å². The maximum atomic E-state index is 5.86. The van der Waals surface area contributed by atoms with E-state index in [2.05, 4.69) is 10.2 Å². The van der Waals surface area contributed by atoms with Crippen molar-refractivity contribution >= 4 is 17.1 Å². The van der Waals surface area contributed by atoms with Gasteiger partial charge in [-0.3, -0.25) is 0 Å². The van der Waals surface area contributed by atoms with Crippen molar-refractivity contribution in [1.82, 2.24) is 0 Å². The lowest BCUT2D eigenvalue weighted by Gasteiger charge is -2.00. The number of hydrogen-bond acceptors (Lipinski definition) is 3. The van der Waals surface area contributed by atoms with Crippen molar-refractivity contribution in [3.8, 4) is 0 Å². The average molecular weight is 225 g/mol. The van der Waals surface area contributed by atoms with Gasteiger partial charge in [0, 0.05) is 0 Å². The second kappa shape index (κ2) is 4.78. The Bertz CT molecular complexity index is 542. The van der Waals surface area contributed by atoms with Gasteiger partial charge >= 0.3 is 0 Å². The number of aryl methyl sites for hydroxylation is 2. The summed E-state index contributed by atoms with van der Waals surface area (Å²) in [7, 11) is 0. The Kier molecular flexibility index (Phi) is 3.19. The highest BCUT2D eigenvalue weighted by Gasteiger charge is 1.97. The molecule has 0 aliphatic heterocycles. The predicted octanol–water partition coefficient (Wildman–Crippen LogP) is 4.30. The first kappa shape index (κ1) is 11.3. The van der Waals surface area contributed by atoms with E-state index < -0.39 is 0 Å². The van der Waals surface area contributed by atoms with Gasteiger partial charge in [0.2, 0.25) is 0 Å². The Morgan fingerprint density at radius 2 is 1.47 bits per heavy atom. The van der Waals surface area contributed by atoms with Crippen molar-refractivity contribution in [3.63, 3.8) is 0 Å². The molecule has 0 heterocycles. The van der Waals surface area contributed by atoms with Crippen LogP contribution in [0.15, 0.2) is 52.7 Å². The number of rotatable bonds is 2.